The van der Waals surface area contributed by atoms with Gasteiger partial charge in [-0.3, -0.25) is 0 Å². The number of rotatable bonds is 28. The van der Waals surface area contributed by atoms with E-state index in [4.69, 9.17) is 37.9 Å². The Labute approximate surface area is 532 Å². The third-order valence-electron chi connectivity index (χ3n) is 17.7. The van der Waals surface area contributed by atoms with E-state index >= 15 is 0 Å². The molecule has 85 heavy (non-hydrogen) atoms. The highest BCUT2D eigenvalue weighted by Gasteiger charge is 2.48. The monoisotopic (exact) mass is 1270 g/mol. The first-order valence-corrected chi connectivity index (χ1v) is 30.3. The molecule has 20 heteroatoms. The Balaban J connectivity index is 0.00000452. The Morgan fingerprint density at radius 1 is 0.318 bits per heavy atom. The quantitative estimate of drug-likeness (QED) is 0.0415. The Hall–Kier alpha value is -3.88. The molecule has 0 saturated heterocycles. The van der Waals surface area contributed by atoms with Crippen LogP contribution in [-0.2, 0) is 25.7 Å². The summed E-state index contributed by atoms with van der Waals surface area (Å²) < 4.78 is 49.7. The fourth-order valence-corrected chi connectivity index (χ4v) is 14.2. The molecule has 4 atom stereocenters. The molecule has 0 radical (unpaired) electrons. The van der Waals surface area contributed by atoms with Gasteiger partial charge in [-0.15, -0.1) is 49.6 Å². The molecule has 0 aromatic heterocycles. The summed E-state index contributed by atoms with van der Waals surface area (Å²) >= 11 is 0. The van der Waals surface area contributed by atoms with Gasteiger partial charge in [-0.25, -0.2) is 0 Å². The molecule has 486 valence electrons. The predicted octanol–water partition coefficient (Wildman–Crippen LogP) is 11.4. The van der Waals surface area contributed by atoms with Crippen LogP contribution in [0.1, 0.15) is 195 Å². The largest absolute Gasteiger partial charge is 0.490 e. The number of benzene rings is 4. The van der Waals surface area contributed by atoms with Gasteiger partial charge in [-0.05, 0) is 282 Å². The second-order valence-electron chi connectivity index (χ2n) is 22.3. The van der Waals surface area contributed by atoms with E-state index in [-0.39, 0.29) is 107 Å². The highest BCUT2D eigenvalue weighted by atomic mass is 35.5. The fourth-order valence-electron chi connectivity index (χ4n) is 14.2. The van der Waals surface area contributed by atoms with Crippen LogP contribution in [-0.4, -0.2) is 101 Å². The topological polar surface area (TPSA) is 248 Å². The van der Waals surface area contributed by atoms with Crippen molar-refractivity contribution in [3.8, 4) is 46.0 Å². The van der Waals surface area contributed by atoms with E-state index in [1.54, 1.807) is 0 Å². The molecular formula is C65H106Cl4N4O12. The van der Waals surface area contributed by atoms with E-state index in [1.807, 2.05) is 0 Å². The van der Waals surface area contributed by atoms with E-state index in [0.29, 0.717) is 52.9 Å². The van der Waals surface area contributed by atoms with E-state index in [9.17, 15) is 0 Å². The lowest BCUT2D eigenvalue weighted by Crippen LogP contribution is -2.34. The minimum absolute atomic E-state index is 0. The molecule has 4 heterocycles. The molecule has 9 rings (SSSR count). The molecule has 1 aliphatic carbocycles. The zero-order chi connectivity index (χ0) is 53.8. The smallest absolute Gasteiger partial charge is 0.161 e. The summed E-state index contributed by atoms with van der Waals surface area (Å²) in [5.74, 6) is 6.90. The molecule has 1 fully saturated rings. The second-order valence-corrected chi connectivity index (χ2v) is 22.3. The first kappa shape index (κ1) is 79.1. The molecule has 16 nitrogen and oxygen atoms in total. The maximum atomic E-state index is 6.26. The summed E-state index contributed by atoms with van der Waals surface area (Å²) in [4.78, 5) is 0. The van der Waals surface area contributed by atoms with Crippen LogP contribution in [0.2, 0.25) is 0 Å². The number of hydrogen-bond donors (Lipinski definition) is 4. The summed E-state index contributed by atoms with van der Waals surface area (Å²) in [6, 6.07) is 19.3. The van der Waals surface area contributed by atoms with Crippen LogP contribution in [0.15, 0.2) is 48.5 Å². The molecule has 0 amide bonds. The highest BCUT2D eigenvalue weighted by molar-refractivity contribution is 5.86. The molecule has 5 aliphatic rings. The van der Waals surface area contributed by atoms with Crippen LogP contribution in [0.4, 0.5) is 0 Å². The van der Waals surface area contributed by atoms with Gasteiger partial charge in [-0.1, -0.05) is 0 Å². The van der Waals surface area contributed by atoms with Gasteiger partial charge in [0.2, 0.25) is 0 Å². The molecule has 1 saturated carbocycles. The van der Waals surface area contributed by atoms with E-state index in [2.05, 4.69) is 125 Å². The average molecular weight is 1280 g/mol. The molecule has 4 aliphatic heterocycles. The average Bonchev–Trinajstić information content (AvgIpc) is 3.25. The number of halogens is 4. The van der Waals surface area contributed by atoms with Gasteiger partial charge in [-0.2, -0.15) is 0 Å². The van der Waals surface area contributed by atoms with Gasteiger partial charge in [0.25, 0.3) is 0 Å². The predicted molar refractivity (Wildman–Crippen MR) is 352 cm³/mol. The summed E-state index contributed by atoms with van der Waals surface area (Å²) in [6.07, 6.45) is 16.5. The third-order valence-corrected chi connectivity index (χ3v) is 17.7. The third kappa shape index (κ3) is 18.8. The van der Waals surface area contributed by atoms with Crippen LogP contribution in [0, 0.1) is 10.8 Å². The van der Waals surface area contributed by atoms with Gasteiger partial charge in [0.05, 0.1) is 52.9 Å². The van der Waals surface area contributed by atoms with Crippen molar-refractivity contribution in [1.29, 1.82) is 0 Å². The molecule has 0 spiro atoms. The molecule has 4 unspecified atom stereocenters. The van der Waals surface area contributed by atoms with Crippen LogP contribution in [0.25, 0.3) is 0 Å². The normalized spacial score (nSPS) is 21.3. The van der Waals surface area contributed by atoms with Crippen molar-refractivity contribution in [2.75, 3.05) is 79.0 Å². The molecular weight excluding hydrogens is 1170 g/mol. The van der Waals surface area contributed by atoms with Crippen molar-refractivity contribution in [2.45, 2.75) is 176 Å². The zero-order valence-electron chi connectivity index (χ0n) is 51.9. The summed E-state index contributed by atoms with van der Waals surface area (Å²) in [7, 11) is 0. The lowest BCUT2D eigenvalue weighted by Gasteiger charge is -2.40. The van der Waals surface area contributed by atoms with E-state index < -0.39 is 0 Å². The van der Waals surface area contributed by atoms with Crippen LogP contribution in [0.5, 0.6) is 46.0 Å². The maximum Gasteiger partial charge on any atom is 0.161 e. The van der Waals surface area contributed by atoms with Crippen LogP contribution < -0.4 is 59.2 Å². The SMILES string of the molecule is CCOc1cc2c(cc1OCC)C(CCC1(CCC3NCCc4cc(OCC)c(OCC)cc43)CCC(CCC3NCCc4cc(OCC)c(OCC)cc43)(CCC3NCCc4cc(OCC)c(OCC)cc43)C1)NCC2.Cl.Cl.Cl.Cl.O.O.O.O. The summed E-state index contributed by atoms with van der Waals surface area (Å²) in [5, 5.41) is 16.1. The highest BCUT2D eigenvalue weighted by Crippen LogP contribution is 2.61. The molecule has 12 N–H and O–H groups in total. The van der Waals surface area contributed by atoms with Gasteiger partial charge < -0.3 is 81.1 Å². The van der Waals surface area contributed by atoms with E-state index in [0.717, 1.165) is 149 Å². The van der Waals surface area contributed by atoms with Crippen molar-refractivity contribution in [3.05, 3.63) is 93.0 Å². The molecule has 4 aromatic rings. The van der Waals surface area contributed by atoms with Crippen LogP contribution in [0.3, 0.4) is 0 Å². The van der Waals surface area contributed by atoms with Gasteiger partial charge in [0.1, 0.15) is 0 Å². The van der Waals surface area contributed by atoms with E-state index in [1.165, 1.54) is 63.8 Å². The van der Waals surface area contributed by atoms with Gasteiger partial charge >= 0.3 is 0 Å². The van der Waals surface area contributed by atoms with Crippen molar-refractivity contribution < 1.29 is 59.8 Å². The van der Waals surface area contributed by atoms with Crippen molar-refractivity contribution >= 4 is 49.6 Å². The fraction of sp³-hybridized carbons (Fsp3) is 0.631. The Morgan fingerprint density at radius 3 is 0.694 bits per heavy atom. The van der Waals surface area contributed by atoms with Crippen molar-refractivity contribution in [1.82, 2.24) is 21.3 Å². The lowest BCUT2D eigenvalue weighted by molar-refractivity contribution is 0.147. The summed E-state index contributed by atoms with van der Waals surface area (Å²) in [6.45, 7) is 25.2. The lowest BCUT2D eigenvalue weighted by atomic mass is 9.68. The number of hydrogen-bond acceptors (Lipinski definition) is 12. The number of fused-ring (bicyclic) bond motifs is 4. The maximum absolute atomic E-state index is 6.26. The number of ether oxygens (including phenoxy) is 8. The second kappa shape index (κ2) is 37.8. The zero-order valence-corrected chi connectivity index (χ0v) is 55.2. The Bertz CT molecular complexity index is 2270. The minimum Gasteiger partial charge on any atom is -0.490 e. The standard InChI is InChI=1S/C65H94N4O8.4ClH.4H2O/c1-9-70-56-35-44-21-31-66-52(48(44)39-60(56)74-13-5)17-25-64(26-18-53-49-40-61(75-14-6)57(71-10-2)36-45(49)22-32-67-53)29-30-65(43-64,27-19-54-50-41-62(76-15-7)58(72-11-3)37-46(50)23-33-68-54)28-20-55-51-42-63(77-16-8)59(73-12-4)38-47(51)24-34-69-55;;;;;;;;/h35-42,52-55,66-69H,9-34,43H2,1-8H3;4*1H;4*1H2. The molecule has 0 bridgehead atoms. The number of nitrogens with one attached hydrogen (secondary N) is 4. The van der Waals surface area contributed by atoms with Crippen molar-refractivity contribution in [2.24, 2.45) is 10.8 Å². The first-order chi connectivity index (χ1) is 37.7. The summed E-state index contributed by atoms with van der Waals surface area (Å²) in [5.41, 5.74) is 11.3. The van der Waals surface area contributed by atoms with Gasteiger partial charge in [0.15, 0.2) is 46.0 Å². The van der Waals surface area contributed by atoms with Crippen LogP contribution >= 0.6 is 49.6 Å². The van der Waals surface area contributed by atoms with Crippen molar-refractivity contribution in [3.63, 3.8) is 0 Å². The Kier molecular flexibility index (Phi) is 35.2. The first-order valence-electron chi connectivity index (χ1n) is 30.3. The molecule has 4 aromatic carbocycles. The minimum atomic E-state index is 0. The Morgan fingerprint density at radius 2 is 0.506 bits per heavy atom. The van der Waals surface area contributed by atoms with Gasteiger partial charge in [0, 0.05) is 24.2 Å².